The first kappa shape index (κ1) is 28.0. The standard InChI is InChI=1S/C26H23ClF3N9O2/c1-13(14-7-33-26(34-8-14)38-6-2-3-20(38)24(31)40)39-12-15(9-35-39)36-25(41)19-11-32-10-18(37-19)21-16(23(29)30)4-5-17(27)22(21)28/h4-5,7-13,20,23H,2-3,6H2,1H3,(H2,31,40)(H,36,41)/t13?,20-/m1/s1. The molecule has 1 fully saturated rings. The smallest absolute Gasteiger partial charge is 0.275 e. The number of nitrogens with zero attached hydrogens (tertiary/aromatic N) is 7. The Kier molecular flexibility index (Phi) is 7.83. The molecular formula is C26H23ClF3N9O2. The van der Waals surface area contributed by atoms with Crippen molar-refractivity contribution in [2.45, 2.75) is 38.3 Å². The fraction of sp³-hybridized carbons (Fsp3) is 0.269. The fourth-order valence-electron chi connectivity index (χ4n) is 4.56. The summed E-state index contributed by atoms with van der Waals surface area (Å²) in [6.45, 7) is 2.49. The molecule has 41 heavy (non-hydrogen) atoms. The predicted octanol–water partition coefficient (Wildman–Crippen LogP) is 4.18. The molecule has 212 valence electrons. The number of halogens is 4. The molecule has 0 saturated carbocycles. The first-order valence-corrected chi connectivity index (χ1v) is 12.8. The van der Waals surface area contributed by atoms with E-state index in [2.05, 4.69) is 30.4 Å². The zero-order valence-electron chi connectivity index (χ0n) is 21.5. The molecule has 5 rings (SSSR count). The summed E-state index contributed by atoms with van der Waals surface area (Å²) in [6, 6.07) is 1.27. The summed E-state index contributed by atoms with van der Waals surface area (Å²) < 4.78 is 43.3. The molecule has 15 heteroatoms. The van der Waals surface area contributed by atoms with Crippen molar-refractivity contribution in [3.05, 3.63) is 77.0 Å². The molecule has 2 atom stereocenters. The van der Waals surface area contributed by atoms with Gasteiger partial charge >= 0.3 is 0 Å². The maximum Gasteiger partial charge on any atom is 0.275 e. The van der Waals surface area contributed by atoms with Crippen molar-refractivity contribution >= 4 is 35.1 Å². The van der Waals surface area contributed by atoms with Gasteiger partial charge in [0.2, 0.25) is 11.9 Å². The number of rotatable bonds is 8. The third-order valence-corrected chi connectivity index (χ3v) is 7.01. The van der Waals surface area contributed by atoms with E-state index < -0.39 is 41.2 Å². The summed E-state index contributed by atoms with van der Waals surface area (Å²) in [4.78, 5) is 43.1. The summed E-state index contributed by atoms with van der Waals surface area (Å²) in [5.74, 6) is -1.80. The topological polar surface area (TPSA) is 145 Å². The van der Waals surface area contributed by atoms with Gasteiger partial charge in [-0.15, -0.1) is 0 Å². The van der Waals surface area contributed by atoms with Gasteiger partial charge in [0.15, 0.2) is 5.82 Å². The first-order chi connectivity index (χ1) is 19.6. The molecule has 1 aromatic carbocycles. The summed E-state index contributed by atoms with van der Waals surface area (Å²) in [5.41, 5.74) is 4.87. The van der Waals surface area contributed by atoms with E-state index in [1.54, 1.807) is 28.2 Å². The Balaban J connectivity index is 1.30. The Morgan fingerprint density at radius 1 is 1.15 bits per heavy atom. The van der Waals surface area contributed by atoms with Crippen LogP contribution < -0.4 is 16.0 Å². The molecule has 1 aliphatic heterocycles. The Morgan fingerprint density at radius 2 is 1.90 bits per heavy atom. The van der Waals surface area contributed by atoms with E-state index in [1.165, 1.54) is 6.20 Å². The number of alkyl halides is 2. The quantitative estimate of drug-likeness (QED) is 0.313. The minimum absolute atomic E-state index is 0.233. The number of carbonyl (C=O) groups excluding carboxylic acids is 2. The predicted molar refractivity (Wildman–Crippen MR) is 143 cm³/mol. The molecule has 1 unspecified atom stereocenters. The second kappa shape index (κ2) is 11.5. The number of anilines is 2. The van der Waals surface area contributed by atoms with Gasteiger partial charge in [-0.2, -0.15) is 5.10 Å². The summed E-state index contributed by atoms with van der Waals surface area (Å²) in [5, 5.41) is 6.53. The molecule has 1 aliphatic rings. The Bertz CT molecular complexity index is 1600. The molecule has 0 aliphatic carbocycles. The third kappa shape index (κ3) is 5.68. The third-order valence-electron chi connectivity index (χ3n) is 6.72. The van der Waals surface area contributed by atoms with Crippen LogP contribution >= 0.6 is 11.6 Å². The molecule has 0 spiro atoms. The average Bonchev–Trinajstić information content (AvgIpc) is 3.64. The molecule has 4 heterocycles. The number of aromatic nitrogens is 6. The molecular weight excluding hydrogens is 563 g/mol. The van der Waals surface area contributed by atoms with E-state index >= 15 is 0 Å². The van der Waals surface area contributed by atoms with Gasteiger partial charge in [-0.1, -0.05) is 17.7 Å². The monoisotopic (exact) mass is 585 g/mol. The van der Waals surface area contributed by atoms with Crippen LogP contribution in [0.4, 0.5) is 24.8 Å². The minimum atomic E-state index is -3.00. The minimum Gasteiger partial charge on any atom is -0.368 e. The van der Waals surface area contributed by atoms with Gasteiger partial charge in [0.25, 0.3) is 12.3 Å². The molecule has 0 bridgehead atoms. The number of hydrogen-bond donors (Lipinski definition) is 2. The van der Waals surface area contributed by atoms with E-state index in [4.69, 9.17) is 17.3 Å². The number of primary amides is 1. The highest BCUT2D eigenvalue weighted by molar-refractivity contribution is 6.31. The van der Waals surface area contributed by atoms with Gasteiger partial charge in [0, 0.05) is 41.8 Å². The number of nitrogens with two attached hydrogens (primary N) is 1. The van der Waals surface area contributed by atoms with Crippen LogP contribution in [-0.2, 0) is 4.79 Å². The average molecular weight is 586 g/mol. The van der Waals surface area contributed by atoms with E-state index in [9.17, 15) is 22.8 Å². The number of benzene rings is 1. The Morgan fingerprint density at radius 3 is 2.61 bits per heavy atom. The molecule has 4 aromatic rings. The van der Waals surface area contributed by atoms with Crippen LogP contribution in [0.5, 0.6) is 0 Å². The molecule has 0 radical (unpaired) electrons. The van der Waals surface area contributed by atoms with Crippen LogP contribution in [0.3, 0.4) is 0 Å². The maximum atomic E-state index is 14.7. The Labute approximate surface area is 236 Å². The SMILES string of the molecule is CC(c1cnc(N2CCC[C@@H]2C(N)=O)nc1)n1cc(NC(=O)c2cncc(-c3c(C(F)F)ccc(Cl)c3F)n2)cn1. The van der Waals surface area contributed by atoms with Crippen molar-refractivity contribution < 1.29 is 22.8 Å². The van der Waals surface area contributed by atoms with Crippen LogP contribution in [0.2, 0.25) is 5.02 Å². The normalized spacial score (nSPS) is 15.8. The lowest BCUT2D eigenvalue weighted by molar-refractivity contribution is -0.119. The van der Waals surface area contributed by atoms with Crippen molar-refractivity contribution in [3.8, 4) is 11.3 Å². The largest absolute Gasteiger partial charge is 0.368 e. The molecule has 3 aromatic heterocycles. The van der Waals surface area contributed by atoms with Gasteiger partial charge in [-0.05, 0) is 25.8 Å². The van der Waals surface area contributed by atoms with Gasteiger partial charge < -0.3 is 16.0 Å². The molecule has 3 N–H and O–H groups in total. The summed E-state index contributed by atoms with van der Waals surface area (Å²) >= 11 is 5.79. The van der Waals surface area contributed by atoms with Gasteiger partial charge in [0.05, 0.1) is 41.0 Å². The highest BCUT2D eigenvalue weighted by Gasteiger charge is 2.31. The van der Waals surface area contributed by atoms with Crippen molar-refractivity contribution in [2.75, 3.05) is 16.8 Å². The number of carbonyl (C=O) groups is 2. The van der Waals surface area contributed by atoms with Gasteiger partial charge in [-0.25, -0.2) is 28.1 Å². The lowest BCUT2D eigenvalue weighted by Gasteiger charge is -2.22. The second-order valence-corrected chi connectivity index (χ2v) is 9.73. The lowest BCUT2D eigenvalue weighted by atomic mass is 10.0. The van der Waals surface area contributed by atoms with E-state index in [-0.39, 0.29) is 22.5 Å². The fourth-order valence-corrected chi connectivity index (χ4v) is 4.72. The van der Waals surface area contributed by atoms with Crippen molar-refractivity contribution in [1.82, 2.24) is 29.7 Å². The molecule has 11 nitrogen and oxygen atoms in total. The lowest BCUT2D eigenvalue weighted by Crippen LogP contribution is -2.41. The van der Waals surface area contributed by atoms with Crippen LogP contribution in [-0.4, -0.2) is 54.1 Å². The zero-order chi connectivity index (χ0) is 29.3. The van der Waals surface area contributed by atoms with Crippen molar-refractivity contribution in [1.29, 1.82) is 0 Å². The number of nitrogens with one attached hydrogen (secondary N) is 1. The second-order valence-electron chi connectivity index (χ2n) is 9.33. The summed E-state index contributed by atoms with van der Waals surface area (Å²) in [6.07, 6.45) is 6.92. The van der Waals surface area contributed by atoms with Gasteiger partial charge in [0.1, 0.15) is 11.7 Å². The zero-order valence-corrected chi connectivity index (χ0v) is 22.3. The van der Waals surface area contributed by atoms with E-state index in [1.807, 2.05) is 6.92 Å². The Hall–Kier alpha value is -4.59. The molecule has 1 saturated heterocycles. The number of hydrogen-bond acceptors (Lipinski definition) is 8. The van der Waals surface area contributed by atoms with Crippen LogP contribution in [0.1, 0.15) is 53.8 Å². The highest BCUT2D eigenvalue weighted by Crippen LogP contribution is 2.35. The van der Waals surface area contributed by atoms with Crippen LogP contribution in [0, 0.1) is 5.82 Å². The maximum absolute atomic E-state index is 14.7. The van der Waals surface area contributed by atoms with E-state index in [0.717, 1.165) is 36.5 Å². The van der Waals surface area contributed by atoms with Crippen LogP contribution in [0.25, 0.3) is 11.3 Å². The molecule has 2 amide bonds. The number of amides is 2. The van der Waals surface area contributed by atoms with Crippen molar-refractivity contribution in [2.24, 2.45) is 5.73 Å². The first-order valence-electron chi connectivity index (χ1n) is 12.5. The van der Waals surface area contributed by atoms with Crippen molar-refractivity contribution in [3.63, 3.8) is 0 Å². The van der Waals surface area contributed by atoms with Crippen LogP contribution in [0.15, 0.2) is 49.3 Å². The van der Waals surface area contributed by atoms with E-state index in [0.29, 0.717) is 24.6 Å². The van der Waals surface area contributed by atoms with Gasteiger partial charge in [-0.3, -0.25) is 19.3 Å². The highest BCUT2D eigenvalue weighted by atomic mass is 35.5. The summed E-state index contributed by atoms with van der Waals surface area (Å²) in [7, 11) is 0.